The molecule has 58 valence electrons. The van der Waals surface area contributed by atoms with E-state index in [4.69, 9.17) is 0 Å². The van der Waals surface area contributed by atoms with E-state index >= 15 is 0 Å². The summed E-state index contributed by atoms with van der Waals surface area (Å²) in [6, 6.07) is 4.16. The van der Waals surface area contributed by atoms with Gasteiger partial charge in [-0.1, -0.05) is 6.07 Å². The molecule has 0 saturated carbocycles. The van der Waals surface area contributed by atoms with Crippen molar-refractivity contribution >= 4 is 28.9 Å². The van der Waals surface area contributed by atoms with Gasteiger partial charge in [-0.15, -0.1) is 23.1 Å². The molecule has 0 radical (unpaired) electrons. The Morgan fingerprint density at radius 3 is 3.00 bits per heavy atom. The quantitative estimate of drug-likeness (QED) is 0.667. The van der Waals surface area contributed by atoms with Crippen LogP contribution in [0.4, 0.5) is 0 Å². The third kappa shape index (κ3) is 1.49. The van der Waals surface area contributed by atoms with Gasteiger partial charge in [-0.3, -0.25) is 4.79 Å². The Bertz CT molecular complexity index is 253. The molecule has 1 saturated heterocycles. The molecule has 0 spiro atoms. The summed E-state index contributed by atoms with van der Waals surface area (Å²) in [4.78, 5) is 12.3. The fraction of sp³-hybridized carbons (Fsp3) is 0.375. The molecule has 2 rings (SSSR count). The molecule has 0 N–H and O–H groups in total. The highest BCUT2D eigenvalue weighted by Gasteiger charge is 2.24. The average Bonchev–Trinajstić information content (AvgIpc) is 2.55. The average molecular weight is 184 g/mol. The van der Waals surface area contributed by atoms with E-state index in [0.717, 1.165) is 6.42 Å². The van der Waals surface area contributed by atoms with Gasteiger partial charge in [0.2, 0.25) is 0 Å². The molecule has 1 aromatic heterocycles. The van der Waals surface area contributed by atoms with E-state index in [1.807, 2.05) is 6.07 Å². The second-order valence-corrected chi connectivity index (χ2v) is 4.73. The molecule has 0 aromatic carbocycles. The molecule has 11 heavy (non-hydrogen) atoms. The van der Waals surface area contributed by atoms with Crippen LogP contribution in [-0.2, 0) is 4.79 Å². The van der Waals surface area contributed by atoms with Crippen LogP contribution in [-0.4, -0.2) is 11.5 Å². The van der Waals surface area contributed by atoms with Gasteiger partial charge in [-0.05, 0) is 11.4 Å². The molecule has 1 nitrogen and oxygen atoms in total. The number of thioether (sulfide) groups is 1. The van der Waals surface area contributed by atoms with Crippen molar-refractivity contribution < 1.29 is 4.79 Å². The molecular formula is C8H8OS2. The van der Waals surface area contributed by atoms with Gasteiger partial charge < -0.3 is 0 Å². The number of rotatable bonds is 1. The highest BCUT2D eigenvalue weighted by atomic mass is 32.2. The van der Waals surface area contributed by atoms with Crippen molar-refractivity contribution in [2.24, 2.45) is 0 Å². The molecule has 1 aromatic rings. The highest BCUT2D eigenvalue weighted by molar-refractivity contribution is 8.00. The van der Waals surface area contributed by atoms with E-state index in [1.54, 1.807) is 23.1 Å². The minimum atomic E-state index is 0.397. The van der Waals surface area contributed by atoms with Crippen molar-refractivity contribution in [2.75, 3.05) is 5.75 Å². The Balaban J connectivity index is 2.13. The zero-order valence-corrected chi connectivity index (χ0v) is 7.58. The SMILES string of the molecule is O=C1CS[C@@H](c2cccs2)C1. The van der Waals surface area contributed by atoms with Crippen molar-refractivity contribution in [3.05, 3.63) is 22.4 Å². The summed E-state index contributed by atoms with van der Waals surface area (Å²) < 4.78 is 0. The predicted octanol–water partition coefficient (Wildman–Crippen LogP) is 2.50. The second-order valence-electron chi connectivity index (χ2n) is 2.56. The van der Waals surface area contributed by atoms with E-state index in [2.05, 4.69) is 11.4 Å². The van der Waals surface area contributed by atoms with Crippen LogP contribution in [0.15, 0.2) is 17.5 Å². The number of thiophene rings is 1. The summed E-state index contributed by atoms with van der Waals surface area (Å²) in [6.07, 6.45) is 0.741. The summed E-state index contributed by atoms with van der Waals surface area (Å²) in [5.74, 6) is 1.11. The van der Waals surface area contributed by atoms with Crippen LogP contribution >= 0.6 is 23.1 Å². The fourth-order valence-electron chi connectivity index (χ4n) is 1.18. The number of hydrogen-bond acceptors (Lipinski definition) is 3. The van der Waals surface area contributed by atoms with Crippen LogP contribution in [0, 0.1) is 0 Å². The van der Waals surface area contributed by atoms with E-state index in [0.29, 0.717) is 16.8 Å². The molecule has 0 aliphatic carbocycles. The smallest absolute Gasteiger partial charge is 0.144 e. The molecule has 0 unspecified atom stereocenters. The monoisotopic (exact) mass is 184 g/mol. The lowest BCUT2D eigenvalue weighted by Crippen LogP contribution is -1.91. The summed E-state index contributed by atoms with van der Waals surface area (Å²) in [5, 5.41) is 2.53. The molecular weight excluding hydrogens is 176 g/mol. The van der Waals surface area contributed by atoms with Gasteiger partial charge in [0, 0.05) is 16.5 Å². The third-order valence-corrected chi connectivity index (χ3v) is 4.17. The maximum atomic E-state index is 10.9. The van der Waals surface area contributed by atoms with E-state index in [9.17, 15) is 4.79 Å². The first-order valence-corrected chi connectivity index (χ1v) is 5.46. The van der Waals surface area contributed by atoms with Crippen LogP contribution in [0.5, 0.6) is 0 Å². The maximum Gasteiger partial charge on any atom is 0.144 e. The van der Waals surface area contributed by atoms with Crippen LogP contribution in [0.25, 0.3) is 0 Å². The number of carbonyl (C=O) groups excluding carboxylic acids is 1. The standard InChI is InChI=1S/C8H8OS2/c9-6-4-8(11-5-6)7-2-1-3-10-7/h1-3,8H,4-5H2/t8-/m1/s1. The fourth-order valence-corrected chi connectivity index (χ4v) is 3.30. The number of carbonyl (C=O) groups is 1. The molecule has 0 bridgehead atoms. The number of hydrogen-bond donors (Lipinski definition) is 0. The lowest BCUT2D eigenvalue weighted by atomic mass is 10.2. The maximum absolute atomic E-state index is 10.9. The van der Waals surface area contributed by atoms with E-state index in [1.165, 1.54) is 4.88 Å². The molecule has 1 fully saturated rings. The molecule has 2 heterocycles. The van der Waals surface area contributed by atoms with Crippen molar-refractivity contribution in [2.45, 2.75) is 11.7 Å². The molecule has 1 aliphatic rings. The Morgan fingerprint density at radius 2 is 2.45 bits per heavy atom. The Labute approximate surface area is 73.8 Å². The van der Waals surface area contributed by atoms with E-state index in [-0.39, 0.29) is 0 Å². The van der Waals surface area contributed by atoms with Crippen molar-refractivity contribution in [3.8, 4) is 0 Å². The van der Waals surface area contributed by atoms with Gasteiger partial charge in [0.25, 0.3) is 0 Å². The summed E-state index contributed by atoms with van der Waals surface area (Å²) in [5.41, 5.74) is 0. The normalized spacial score (nSPS) is 24.4. The van der Waals surface area contributed by atoms with Gasteiger partial charge in [0.05, 0.1) is 5.75 Å². The Kier molecular flexibility index (Phi) is 2.00. The van der Waals surface area contributed by atoms with Crippen molar-refractivity contribution in [1.29, 1.82) is 0 Å². The topological polar surface area (TPSA) is 17.1 Å². The molecule has 1 atom stereocenters. The minimum Gasteiger partial charge on any atom is -0.299 e. The third-order valence-electron chi connectivity index (χ3n) is 1.72. The number of ketones is 1. The lowest BCUT2D eigenvalue weighted by molar-refractivity contribution is -0.116. The second kappa shape index (κ2) is 2.99. The molecule has 3 heteroatoms. The van der Waals surface area contributed by atoms with Gasteiger partial charge >= 0.3 is 0 Å². The zero-order valence-electron chi connectivity index (χ0n) is 5.95. The highest BCUT2D eigenvalue weighted by Crippen LogP contribution is 2.39. The van der Waals surface area contributed by atoms with Crippen LogP contribution in [0.1, 0.15) is 16.5 Å². The molecule has 0 amide bonds. The summed E-state index contributed by atoms with van der Waals surface area (Å²) in [6.45, 7) is 0. The predicted molar refractivity (Wildman–Crippen MR) is 49.1 cm³/mol. The van der Waals surface area contributed by atoms with Crippen molar-refractivity contribution in [1.82, 2.24) is 0 Å². The first-order chi connectivity index (χ1) is 5.36. The van der Waals surface area contributed by atoms with Crippen LogP contribution in [0.2, 0.25) is 0 Å². The van der Waals surface area contributed by atoms with Crippen molar-refractivity contribution in [3.63, 3.8) is 0 Å². The minimum absolute atomic E-state index is 0.397. The van der Waals surface area contributed by atoms with E-state index < -0.39 is 0 Å². The summed E-state index contributed by atoms with van der Waals surface area (Å²) in [7, 11) is 0. The van der Waals surface area contributed by atoms with Crippen LogP contribution in [0.3, 0.4) is 0 Å². The van der Waals surface area contributed by atoms with Gasteiger partial charge in [-0.25, -0.2) is 0 Å². The summed E-state index contributed by atoms with van der Waals surface area (Å²) >= 11 is 3.52. The van der Waals surface area contributed by atoms with Gasteiger partial charge in [0.1, 0.15) is 5.78 Å². The number of Topliss-reactive ketones (excluding diaryl/α,β-unsaturated/α-hetero) is 1. The Hall–Kier alpha value is -0.280. The Morgan fingerprint density at radius 1 is 1.55 bits per heavy atom. The van der Waals surface area contributed by atoms with Gasteiger partial charge in [0.15, 0.2) is 0 Å². The lowest BCUT2D eigenvalue weighted by Gasteiger charge is -2.01. The first kappa shape index (κ1) is 7.37. The van der Waals surface area contributed by atoms with Gasteiger partial charge in [-0.2, -0.15) is 0 Å². The molecule has 1 aliphatic heterocycles. The van der Waals surface area contributed by atoms with Crippen LogP contribution < -0.4 is 0 Å². The first-order valence-electron chi connectivity index (χ1n) is 3.53. The zero-order chi connectivity index (χ0) is 7.68. The largest absolute Gasteiger partial charge is 0.299 e.